The number of pyridine rings is 2. The number of aryl methyl sites for hydroxylation is 1. The van der Waals surface area contributed by atoms with Gasteiger partial charge in [-0.1, -0.05) is 122 Å². The lowest BCUT2D eigenvalue weighted by molar-refractivity contribution is -0.329. The molecule has 0 fully saturated rings. The lowest BCUT2D eigenvalue weighted by atomic mass is 9.97. The summed E-state index contributed by atoms with van der Waals surface area (Å²) in [5, 5.41) is 3.45. The third-order valence-electron chi connectivity index (χ3n) is 10.3. The molecule has 0 spiro atoms. The maximum absolute atomic E-state index is 5.30. The van der Waals surface area contributed by atoms with E-state index in [0.717, 1.165) is 84.9 Å². The Morgan fingerprint density at radius 1 is 0.473 bits per heavy atom. The molecule has 0 saturated heterocycles. The number of nitrogens with zero attached hydrogens (tertiary/aromatic N) is 5. The predicted octanol–water partition coefficient (Wildman–Crippen LogP) is 11.2. The molecule has 0 bridgehead atoms. The van der Waals surface area contributed by atoms with Gasteiger partial charge in [0.1, 0.15) is 17.0 Å². The van der Waals surface area contributed by atoms with E-state index in [0.29, 0.717) is 11.5 Å². The summed E-state index contributed by atoms with van der Waals surface area (Å²) in [6.07, 6.45) is 0.813. The Morgan fingerprint density at radius 3 is 1.76 bits per heavy atom. The van der Waals surface area contributed by atoms with Gasteiger partial charge in [0.25, 0.3) is 0 Å². The van der Waals surface area contributed by atoms with Crippen molar-refractivity contribution in [1.29, 1.82) is 0 Å². The highest BCUT2D eigenvalue weighted by molar-refractivity contribution is 6.18. The van der Waals surface area contributed by atoms with Gasteiger partial charge in [0, 0.05) is 45.8 Å². The number of hydrogen-bond donors (Lipinski definition) is 0. The van der Waals surface area contributed by atoms with Gasteiger partial charge in [-0.3, -0.25) is 4.57 Å². The number of hydrogen-bond acceptors (Lipinski definition) is 4. The van der Waals surface area contributed by atoms with E-state index >= 15 is 0 Å². The molecule has 0 amide bonds. The number of benzene rings is 6. The standard InChI is InChI=1S/C49H34N6/c1-2-45-54-48-44(55(45)36-19-10-5-11-20-36)30-29-38-37-21-12-13-22-40(37)51-47(46(38)48)35-27-25-34(26-28-35)39-23-14-24-41(50-39)49-52-42(32-15-6-3-7-16-32)31-43(53-49)33-17-8-4-9-18-33/h3-31H,2H2,1H3/p+1. The van der Waals surface area contributed by atoms with Gasteiger partial charge in [0.05, 0.1) is 33.4 Å². The number of aromatic nitrogens is 6. The second kappa shape index (κ2) is 13.6. The number of aromatic amines is 1. The maximum atomic E-state index is 5.30. The van der Waals surface area contributed by atoms with Crippen molar-refractivity contribution >= 4 is 32.7 Å². The first-order chi connectivity index (χ1) is 27.2. The van der Waals surface area contributed by atoms with E-state index in [2.05, 4.69) is 132 Å². The highest BCUT2D eigenvalue weighted by Gasteiger charge is 2.23. The van der Waals surface area contributed by atoms with Gasteiger partial charge in [-0.25, -0.2) is 24.9 Å². The molecule has 6 aromatic carbocycles. The molecule has 6 heteroatoms. The summed E-state index contributed by atoms with van der Waals surface area (Å²) in [6, 6.07) is 60.7. The fourth-order valence-electron chi connectivity index (χ4n) is 7.62. The van der Waals surface area contributed by atoms with E-state index in [1.165, 1.54) is 10.8 Å². The molecule has 0 unspecified atom stereocenters. The highest BCUT2D eigenvalue weighted by atomic mass is 15.1. The second-order valence-corrected chi connectivity index (χ2v) is 13.6. The lowest BCUT2D eigenvalue weighted by Gasteiger charge is -2.10. The lowest BCUT2D eigenvalue weighted by Crippen LogP contribution is -2.10. The van der Waals surface area contributed by atoms with Crippen molar-refractivity contribution in [2.45, 2.75) is 13.3 Å². The Bertz CT molecular complexity index is 2940. The van der Waals surface area contributed by atoms with Crippen LogP contribution in [0.25, 0.3) is 94.9 Å². The van der Waals surface area contributed by atoms with E-state index < -0.39 is 0 Å². The van der Waals surface area contributed by atoms with E-state index in [1.54, 1.807) is 0 Å². The molecule has 0 saturated carbocycles. The summed E-state index contributed by atoms with van der Waals surface area (Å²) >= 11 is 0. The average molecular weight is 708 g/mol. The molecule has 0 radical (unpaired) electrons. The van der Waals surface area contributed by atoms with Crippen LogP contribution in [0.4, 0.5) is 0 Å². The summed E-state index contributed by atoms with van der Waals surface area (Å²) in [6.45, 7) is 2.17. The minimum Gasteiger partial charge on any atom is -0.296 e. The summed E-state index contributed by atoms with van der Waals surface area (Å²) in [5.74, 6) is 1.62. The van der Waals surface area contributed by atoms with Crippen LogP contribution in [0.1, 0.15) is 12.7 Å². The molecule has 0 aliphatic heterocycles. The third-order valence-corrected chi connectivity index (χ3v) is 10.3. The molecule has 55 heavy (non-hydrogen) atoms. The maximum Gasteiger partial charge on any atom is 0.221 e. The molecule has 4 heterocycles. The van der Waals surface area contributed by atoms with Gasteiger partial charge >= 0.3 is 0 Å². The number of nitrogens with one attached hydrogen (secondary N) is 1. The Balaban J connectivity index is 1.09. The van der Waals surface area contributed by atoms with Crippen LogP contribution in [0.15, 0.2) is 176 Å². The van der Waals surface area contributed by atoms with Crippen LogP contribution in [0, 0.1) is 0 Å². The van der Waals surface area contributed by atoms with E-state index in [1.807, 2.05) is 60.7 Å². The van der Waals surface area contributed by atoms with Gasteiger partial charge in [-0.15, -0.1) is 0 Å². The Kier molecular flexibility index (Phi) is 7.99. The van der Waals surface area contributed by atoms with Gasteiger partial charge < -0.3 is 0 Å². The molecule has 10 aromatic rings. The number of rotatable bonds is 7. The molecule has 0 aliphatic carbocycles. The number of fused-ring (bicyclic) bond motifs is 5. The zero-order valence-electron chi connectivity index (χ0n) is 30.2. The Hall–Kier alpha value is -7.31. The van der Waals surface area contributed by atoms with Crippen LogP contribution in [0.2, 0.25) is 0 Å². The Morgan fingerprint density at radius 2 is 1.07 bits per heavy atom. The smallest absolute Gasteiger partial charge is 0.221 e. The monoisotopic (exact) mass is 707 g/mol. The minimum atomic E-state index is 0.585. The van der Waals surface area contributed by atoms with Crippen LogP contribution in [0.3, 0.4) is 0 Å². The average Bonchev–Trinajstić information content (AvgIpc) is 3.66. The molecule has 260 valence electrons. The molecular weight excluding hydrogens is 673 g/mol. The number of H-pyrrole nitrogens is 1. The Labute approximate surface area is 318 Å². The van der Waals surface area contributed by atoms with E-state index in [-0.39, 0.29) is 0 Å². The predicted molar refractivity (Wildman–Crippen MR) is 223 cm³/mol. The van der Waals surface area contributed by atoms with E-state index in [9.17, 15) is 0 Å². The quantitative estimate of drug-likeness (QED) is 0.155. The van der Waals surface area contributed by atoms with Gasteiger partial charge in [0.2, 0.25) is 11.2 Å². The van der Waals surface area contributed by atoms with Crippen molar-refractivity contribution in [3.05, 3.63) is 182 Å². The first kappa shape index (κ1) is 32.3. The summed E-state index contributed by atoms with van der Waals surface area (Å²) < 4.78 is 2.29. The number of imidazole rings is 1. The van der Waals surface area contributed by atoms with Crippen molar-refractivity contribution in [2.24, 2.45) is 0 Å². The fourth-order valence-corrected chi connectivity index (χ4v) is 7.62. The van der Waals surface area contributed by atoms with Crippen molar-refractivity contribution in [3.8, 4) is 62.2 Å². The third kappa shape index (κ3) is 5.81. The molecule has 6 nitrogen and oxygen atoms in total. The summed E-state index contributed by atoms with van der Waals surface area (Å²) in [7, 11) is 0. The molecular formula is C49H35N6+. The second-order valence-electron chi connectivity index (χ2n) is 13.6. The van der Waals surface area contributed by atoms with Crippen LogP contribution >= 0.6 is 0 Å². The van der Waals surface area contributed by atoms with Crippen LogP contribution in [-0.4, -0.2) is 24.5 Å². The topological polar surface area (TPSA) is 70.6 Å². The molecule has 0 atom stereocenters. The SMILES string of the molecule is CCc1nc2c3c(-c4ccc(-c5cccc(-c6nc(-c7ccccc7)cc(-c7ccccc7)n6)n5)cc4)[nH+]c4ccccc4c3ccc2n1-c1ccccc1. The highest BCUT2D eigenvalue weighted by Crippen LogP contribution is 2.37. The van der Waals surface area contributed by atoms with Crippen molar-refractivity contribution in [3.63, 3.8) is 0 Å². The zero-order chi connectivity index (χ0) is 36.7. The van der Waals surface area contributed by atoms with Gasteiger partial charge in [-0.05, 0) is 54.6 Å². The van der Waals surface area contributed by atoms with Crippen molar-refractivity contribution in [2.75, 3.05) is 0 Å². The first-order valence-corrected chi connectivity index (χ1v) is 18.6. The van der Waals surface area contributed by atoms with Gasteiger partial charge in [0.15, 0.2) is 5.82 Å². The first-order valence-electron chi connectivity index (χ1n) is 18.6. The fraction of sp³-hybridized carbons (Fsp3) is 0.0408. The van der Waals surface area contributed by atoms with Crippen molar-refractivity contribution < 1.29 is 4.98 Å². The normalized spacial score (nSPS) is 11.4. The van der Waals surface area contributed by atoms with Crippen LogP contribution < -0.4 is 4.98 Å². The zero-order valence-corrected chi connectivity index (χ0v) is 30.2. The molecule has 1 N–H and O–H groups in total. The van der Waals surface area contributed by atoms with E-state index in [4.69, 9.17) is 19.9 Å². The molecule has 4 aromatic heterocycles. The number of para-hydroxylation sites is 2. The van der Waals surface area contributed by atoms with Gasteiger partial charge in [-0.2, -0.15) is 0 Å². The molecule has 0 aliphatic rings. The molecule has 10 rings (SSSR count). The summed E-state index contributed by atoms with van der Waals surface area (Å²) in [5.41, 5.74) is 12.7. The largest absolute Gasteiger partial charge is 0.296 e. The van der Waals surface area contributed by atoms with Crippen LogP contribution in [-0.2, 0) is 6.42 Å². The van der Waals surface area contributed by atoms with Crippen LogP contribution in [0.5, 0.6) is 0 Å². The summed E-state index contributed by atoms with van der Waals surface area (Å²) in [4.78, 5) is 24.3. The minimum absolute atomic E-state index is 0.585. The van der Waals surface area contributed by atoms with Crippen molar-refractivity contribution in [1.82, 2.24) is 24.5 Å².